The van der Waals surface area contributed by atoms with Crippen molar-refractivity contribution < 1.29 is 13.2 Å². The summed E-state index contributed by atoms with van der Waals surface area (Å²) in [6.45, 7) is 0.850. The first kappa shape index (κ1) is 13.0. The van der Waals surface area contributed by atoms with E-state index < -0.39 is 10.0 Å². The molecule has 1 heterocycles. The Bertz CT molecular complexity index is 533. The molecule has 0 aromatic heterocycles. The van der Waals surface area contributed by atoms with Gasteiger partial charge in [-0.25, -0.2) is 13.6 Å². The number of hydrogen-bond acceptors (Lipinski definition) is 4. The lowest BCUT2D eigenvalue weighted by atomic mass is 10.2. The molecule has 98 valence electrons. The molecule has 18 heavy (non-hydrogen) atoms. The zero-order chi connectivity index (χ0) is 13.2. The highest BCUT2D eigenvalue weighted by molar-refractivity contribution is 7.89. The van der Waals surface area contributed by atoms with Crippen LogP contribution in [0.15, 0.2) is 29.2 Å². The third-order valence-electron chi connectivity index (χ3n) is 2.83. The Morgan fingerprint density at radius 3 is 2.50 bits per heavy atom. The molecule has 0 saturated carbocycles. The Kier molecular flexibility index (Phi) is 3.65. The molecule has 1 amide bonds. The minimum Gasteiger partial charge on any atom is -0.325 e. The molecule has 1 aromatic carbocycles. The number of primary sulfonamides is 1. The van der Waals surface area contributed by atoms with Gasteiger partial charge in [-0.3, -0.25) is 4.79 Å². The van der Waals surface area contributed by atoms with Crippen LogP contribution in [-0.4, -0.2) is 26.9 Å². The smallest absolute Gasteiger partial charge is 0.241 e. The number of anilines is 1. The second-order valence-corrected chi connectivity index (χ2v) is 5.77. The van der Waals surface area contributed by atoms with Crippen LogP contribution in [0.2, 0.25) is 0 Å². The van der Waals surface area contributed by atoms with Crippen LogP contribution >= 0.6 is 0 Å². The maximum atomic E-state index is 11.8. The number of amides is 1. The van der Waals surface area contributed by atoms with Crippen molar-refractivity contribution in [1.29, 1.82) is 0 Å². The molecule has 6 nitrogen and oxygen atoms in total. The number of hydrogen-bond donors (Lipinski definition) is 3. The average Bonchev–Trinajstić information content (AvgIpc) is 2.82. The standard InChI is InChI=1S/C11H15N3O3S/c12-18(16,17)9-5-3-8(4-6-9)14-11(15)10-2-1-7-13-10/h3-6,10,13H,1-2,7H2,(H,14,15)(H2,12,16,17)/t10-/m1/s1. The Balaban J connectivity index is 2.04. The number of carbonyl (C=O) groups excluding carboxylic acids is 1. The van der Waals surface area contributed by atoms with Gasteiger partial charge in [0.2, 0.25) is 15.9 Å². The molecular weight excluding hydrogens is 254 g/mol. The predicted octanol–water partition coefficient (Wildman–Crippen LogP) is 0.0245. The molecule has 0 spiro atoms. The summed E-state index contributed by atoms with van der Waals surface area (Å²) >= 11 is 0. The van der Waals surface area contributed by atoms with Gasteiger partial charge in [0.25, 0.3) is 0 Å². The lowest BCUT2D eigenvalue weighted by Crippen LogP contribution is -2.35. The van der Waals surface area contributed by atoms with Crippen LogP contribution in [0.3, 0.4) is 0 Å². The summed E-state index contributed by atoms with van der Waals surface area (Å²) in [5.74, 6) is -0.101. The van der Waals surface area contributed by atoms with Gasteiger partial charge in [-0.1, -0.05) is 0 Å². The topological polar surface area (TPSA) is 101 Å². The van der Waals surface area contributed by atoms with Crippen molar-refractivity contribution in [3.63, 3.8) is 0 Å². The molecule has 0 aliphatic carbocycles. The van der Waals surface area contributed by atoms with E-state index in [1.807, 2.05) is 0 Å². The summed E-state index contributed by atoms with van der Waals surface area (Å²) in [5.41, 5.74) is 0.557. The summed E-state index contributed by atoms with van der Waals surface area (Å²) in [6.07, 6.45) is 1.81. The maximum Gasteiger partial charge on any atom is 0.241 e. The zero-order valence-corrected chi connectivity index (χ0v) is 10.5. The van der Waals surface area contributed by atoms with Crippen LogP contribution in [0.25, 0.3) is 0 Å². The van der Waals surface area contributed by atoms with Gasteiger partial charge in [0, 0.05) is 5.69 Å². The van der Waals surface area contributed by atoms with Gasteiger partial charge in [0.05, 0.1) is 10.9 Å². The van der Waals surface area contributed by atoms with E-state index in [0.717, 1.165) is 19.4 Å². The van der Waals surface area contributed by atoms with Gasteiger partial charge in [0.1, 0.15) is 0 Å². The molecule has 0 unspecified atom stereocenters. The predicted molar refractivity (Wildman–Crippen MR) is 67.5 cm³/mol. The summed E-state index contributed by atoms with van der Waals surface area (Å²) in [6, 6.07) is 5.61. The van der Waals surface area contributed by atoms with Gasteiger partial charge >= 0.3 is 0 Å². The van der Waals surface area contributed by atoms with Crippen molar-refractivity contribution >= 4 is 21.6 Å². The molecule has 1 saturated heterocycles. The summed E-state index contributed by atoms with van der Waals surface area (Å²) in [7, 11) is -3.69. The number of benzene rings is 1. The SMILES string of the molecule is NS(=O)(=O)c1ccc(NC(=O)[C@H]2CCCN2)cc1. The molecular formula is C11H15N3O3S. The largest absolute Gasteiger partial charge is 0.325 e. The second-order valence-electron chi connectivity index (χ2n) is 4.21. The van der Waals surface area contributed by atoms with Crippen LogP contribution in [0.5, 0.6) is 0 Å². The van der Waals surface area contributed by atoms with Crippen molar-refractivity contribution in [2.24, 2.45) is 5.14 Å². The molecule has 1 aliphatic heterocycles. The minimum atomic E-state index is -3.69. The number of rotatable bonds is 3. The van der Waals surface area contributed by atoms with Gasteiger partial charge in [-0.05, 0) is 43.7 Å². The van der Waals surface area contributed by atoms with Gasteiger partial charge in [0.15, 0.2) is 0 Å². The second kappa shape index (κ2) is 5.05. The molecule has 1 aliphatic rings. The van der Waals surface area contributed by atoms with E-state index in [0.29, 0.717) is 5.69 Å². The monoisotopic (exact) mass is 269 g/mol. The Labute approximate surface area is 106 Å². The van der Waals surface area contributed by atoms with Gasteiger partial charge < -0.3 is 10.6 Å². The molecule has 0 bridgehead atoms. The summed E-state index contributed by atoms with van der Waals surface area (Å²) in [4.78, 5) is 11.8. The summed E-state index contributed by atoms with van der Waals surface area (Å²) < 4.78 is 22.1. The molecule has 0 radical (unpaired) electrons. The van der Waals surface area contributed by atoms with Crippen molar-refractivity contribution in [3.05, 3.63) is 24.3 Å². The van der Waals surface area contributed by atoms with Crippen molar-refractivity contribution in [1.82, 2.24) is 5.32 Å². The maximum absolute atomic E-state index is 11.8. The molecule has 2 rings (SSSR count). The van der Waals surface area contributed by atoms with Crippen molar-refractivity contribution in [2.75, 3.05) is 11.9 Å². The van der Waals surface area contributed by atoms with Crippen LogP contribution < -0.4 is 15.8 Å². The molecule has 4 N–H and O–H groups in total. The first-order chi connectivity index (χ1) is 8.47. The molecule has 1 fully saturated rings. The Morgan fingerprint density at radius 2 is 2.00 bits per heavy atom. The number of nitrogens with two attached hydrogens (primary N) is 1. The van der Waals surface area contributed by atoms with Crippen molar-refractivity contribution in [3.8, 4) is 0 Å². The fraction of sp³-hybridized carbons (Fsp3) is 0.364. The highest BCUT2D eigenvalue weighted by Crippen LogP contribution is 2.14. The third kappa shape index (κ3) is 3.06. The number of carbonyl (C=O) groups is 1. The van der Waals surface area contributed by atoms with Crippen LogP contribution in [0.1, 0.15) is 12.8 Å². The van der Waals surface area contributed by atoms with E-state index in [9.17, 15) is 13.2 Å². The average molecular weight is 269 g/mol. The first-order valence-electron chi connectivity index (χ1n) is 5.64. The molecule has 1 atom stereocenters. The van der Waals surface area contributed by atoms with E-state index in [2.05, 4.69) is 10.6 Å². The van der Waals surface area contributed by atoms with E-state index in [1.54, 1.807) is 0 Å². The lowest BCUT2D eigenvalue weighted by molar-refractivity contribution is -0.117. The zero-order valence-electron chi connectivity index (χ0n) is 9.72. The van der Waals surface area contributed by atoms with Gasteiger partial charge in [-0.2, -0.15) is 0 Å². The van der Waals surface area contributed by atoms with Crippen LogP contribution in [0.4, 0.5) is 5.69 Å². The highest BCUT2D eigenvalue weighted by Gasteiger charge is 2.21. The fourth-order valence-corrected chi connectivity index (χ4v) is 2.38. The van der Waals surface area contributed by atoms with Crippen LogP contribution in [-0.2, 0) is 14.8 Å². The third-order valence-corrected chi connectivity index (χ3v) is 3.76. The highest BCUT2D eigenvalue weighted by atomic mass is 32.2. The Morgan fingerprint density at radius 1 is 1.33 bits per heavy atom. The number of sulfonamides is 1. The normalized spacial score (nSPS) is 19.7. The number of nitrogens with one attached hydrogen (secondary N) is 2. The Hall–Kier alpha value is -1.44. The minimum absolute atomic E-state index is 0.0273. The van der Waals surface area contributed by atoms with E-state index in [-0.39, 0.29) is 16.8 Å². The first-order valence-corrected chi connectivity index (χ1v) is 7.18. The van der Waals surface area contributed by atoms with Gasteiger partial charge in [-0.15, -0.1) is 0 Å². The molecule has 1 aromatic rings. The van der Waals surface area contributed by atoms with E-state index >= 15 is 0 Å². The van der Waals surface area contributed by atoms with E-state index in [4.69, 9.17) is 5.14 Å². The molecule has 7 heteroatoms. The van der Waals surface area contributed by atoms with Crippen LogP contribution in [0, 0.1) is 0 Å². The van der Waals surface area contributed by atoms with Crippen molar-refractivity contribution in [2.45, 2.75) is 23.8 Å². The quantitative estimate of drug-likeness (QED) is 0.720. The van der Waals surface area contributed by atoms with E-state index in [1.165, 1.54) is 24.3 Å². The fourth-order valence-electron chi connectivity index (χ4n) is 1.87. The lowest BCUT2D eigenvalue weighted by Gasteiger charge is -2.11. The summed E-state index contributed by atoms with van der Waals surface area (Å²) in [5, 5.41) is 10.8.